The molecule has 0 aliphatic rings. The highest BCUT2D eigenvalue weighted by atomic mass is 16.5. The van der Waals surface area contributed by atoms with E-state index in [9.17, 15) is 9.90 Å². The zero-order valence-corrected chi connectivity index (χ0v) is 13.2. The van der Waals surface area contributed by atoms with Gasteiger partial charge in [-0.15, -0.1) is 0 Å². The lowest BCUT2D eigenvalue weighted by atomic mass is 10.1. The van der Waals surface area contributed by atoms with Crippen molar-refractivity contribution >= 4 is 16.9 Å². The third-order valence-electron chi connectivity index (χ3n) is 3.86. The summed E-state index contributed by atoms with van der Waals surface area (Å²) in [6.45, 7) is 4.49. The Labute approximate surface area is 134 Å². The molecule has 0 fully saturated rings. The van der Waals surface area contributed by atoms with Gasteiger partial charge in [-0.05, 0) is 38.1 Å². The number of nitrogens with zero attached hydrogens (tertiary/aromatic N) is 1. The molecule has 1 aromatic heterocycles. The summed E-state index contributed by atoms with van der Waals surface area (Å²) in [6.07, 6.45) is 1.99. The summed E-state index contributed by atoms with van der Waals surface area (Å²) >= 11 is 0. The summed E-state index contributed by atoms with van der Waals surface area (Å²) in [5.74, 6) is -0.149. The molecule has 23 heavy (non-hydrogen) atoms. The van der Waals surface area contributed by atoms with E-state index in [4.69, 9.17) is 4.74 Å². The lowest BCUT2D eigenvalue weighted by molar-refractivity contribution is 0.0699. The highest BCUT2D eigenvalue weighted by molar-refractivity contribution is 6.04. The highest BCUT2D eigenvalue weighted by Crippen LogP contribution is 2.29. The van der Waals surface area contributed by atoms with Crippen molar-refractivity contribution in [2.75, 3.05) is 0 Å². The van der Waals surface area contributed by atoms with Gasteiger partial charge in [0.05, 0.1) is 5.56 Å². The number of aromatic carboxylic acids is 1. The first-order valence-electron chi connectivity index (χ1n) is 7.61. The van der Waals surface area contributed by atoms with Crippen molar-refractivity contribution < 1.29 is 14.6 Å². The van der Waals surface area contributed by atoms with E-state index in [1.807, 2.05) is 42.6 Å². The van der Waals surface area contributed by atoms with Gasteiger partial charge in [-0.1, -0.05) is 24.3 Å². The zero-order valence-electron chi connectivity index (χ0n) is 13.2. The first-order valence-corrected chi connectivity index (χ1v) is 7.61. The van der Waals surface area contributed by atoms with Crippen molar-refractivity contribution in [2.24, 2.45) is 0 Å². The minimum Gasteiger partial charge on any atom is -0.489 e. The van der Waals surface area contributed by atoms with E-state index in [2.05, 4.69) is 18.4 Å². The maximum atomic E-state index is 11.6. The van der Waals surface area contributed by atoms with Crippen LogP contribution in [0.25, 0.3) is 10.9 Å². The average Bonchev–Trinajstić information content (AvgIpc) is 2.93. The Balaban J connectivity index is 2.06. The van der Waals surface area contributed by atoms with Gasteiger partial charge in [-0.3, -0.25) is 0 Å². The molecular formula is C19H19NO3. The van der Waals surface area contributed by atoms with Gasteiger partial charge in [-0.2, -0.15) is 0 Å². The molecule has 0 atom stereocenters. The number of carboxylic acid groups (broad SMARTS) is 1. The highest BCUT2D eigenvalue weighted by Gasteiger charge is 2.17. The molecule has 0 unspecified atom stereocenters. The second-order valence-electron chi connectivity index (χ2n) is 5.76. The van der Waals surface area contributed by atoms with Gasteiger partial charge in [0.1, 0.15) is 12.4 Å². The van der Waals surface area contributed by atoms with Gasteiger partial charge in [0, 0.05) is 28.7 Å². The topological polar surface area (TPSA) is 51.5 Å². The number of rotatable bonds is 5. The van der Waals surface area contributed by atoms with Gasteiger partial charge >= 0.3 is 5.97 Å². The van der Waals surface area contributed by atoms with Crippen molar-refractivity contribution in [1.29, 1.82) is 0 Å². The Hall–Kier alpha value is -2.75. The summed E-state index contributed by atoms with van der Waals surface area (Å²) in [6, 6.07) is 15.2. The smallest absolute Gasteiger partial charge is 0.336 e. The molecule has 0 radical (unpaired) electrons. The average molecular weight is 309 g/mol. The number of ether oxygens (including phenoxy) is 1. The van der Waals surface area contributed by atoms with Crippen LogP contribution >= 0.6 is 0 Å². The van der Waals surface area contributed by atoms with Crippen LogP contribution in [0.4, 0.5) is 0 Å². The van der Waals surface area contributed by atoms with Crippen molar-refractivity contribution in [3.63, 3.8) is 0 Å². The molecule has 0 bridgehead atoms. The van der Waals surface area contributed by atoms with Crippen LogP contribution in [-0.2, 0) is 6.61 Å². The molecule has 1 N–H and O–H groups in total. The molecule has 0 aliphatic carbocycles. The molecule has 0 spiro atoms. The van der Waals surface area contributed by atoms with Crippen LogP contribution in [0.1, 0.15) is 35.8 Å². The second-order valence-corrected chi connectivity index (χ2v) is 5.76. The van der Waals surface area contributed by atoms with Gasteiger partial charge in [0.15, 0.2) is 0 Å². The van der Waals surface area contributed by atoms with E-state index in [-0.39, 0.29) is 6.04 Å². The van der Waals surface area contributed by atoms with E-state index in [0.29, 0.717) is 12.2 Å². The summed E-state index contributed by atoms with van der Waals surface area (Å²) in [5.41, 5.74) is 2.12. The molecule has 4 heteroatoms. The van der Waals surface area contributed by atoms with E-state index < -0.39 is 5.97 Å². The van der Waals surface area contributed by atoms with Crippen LogP contribution in [0.5, 0.6) is 5.75 Å². The standard InChI is InChI=1S/C19H19NO3/c1-13(2)20-11-14(12-23-15-7-4-3-5-8-15)18-16(19(21)22)9-6-10-17(18)20/h3-11,13H,12H2,1-2H3,(H,21,22). The first-order chi connectivity index (χ1) is 11.1. The van der Waals surface area contributed by atoms with Gasteiger partial charge in [0.2, 0.25) is 0 Å². The number of hydrogen-bond donors (Lipinski definition) is 1. The molecule has 0 saturated heterocycles. The van der Waals surface area contributed by atoms with Crippen molar-refractivity contribution in [1.82, 2.24) is 4.57 Å². The fourth-order valence-electron chi connectivity index (χ4n) is 2.79. The molecule has 2 aromatic carbocycles. The number of hydrogen-bond acceptors (Lipinski definition) is 2. The van der Waals surface area contributed by atoms with Crippen LogP contribution in [0, 0.1) is 0 Å². The van der Waals surface area contributed by atoms with Crippen molar-refractivity contribution in [2.45, 2.75) is 26.5 Å². The summed E-state index contributed by atoms with van der Waals surface area (Å²) < 4.78 is 7.91. The molecule has 1 heterocycles. The predicted molar refractivity (Wildman–Crippen MR) is 90.1 cm³/mol. The van der Waals surface area contributed by atoms with Gasteiger partial charge < -0.3 is 14.4 Å². The molecule has 4 nitrogen and oxygen atoms in total. The van der Waals surface area contributed by atoms with Crippen LogP contribution in [-0.4, -0.2) is 15.6 Å². The number of carboxylic acids is 1. The van der Waals surface area contributed by atoms with E-state index in [1.54, 1.807) is 12.1 Å². The van der Waals surface area contributed by atoms with E-state index in [1.165, 1.54) is 0 Å². The van der Waals surface area contributed by atoms with Gasteiger partial charge in [-0.25, -0.2) is 4.79 Å². The Morgan fingerprint density at radius 2 is 1.87 bits per heavy atom. The maximum absolute atomic E-state index is 11.6. The third kappa shape index (κ3) is 2.93. The molecule has 0 saturated carbocycles. The SMILES string of the molecule is CC(C)n1cc(COc2ccccc2)c2c(C(=O)O)cccc21. The number of aromatic nitrogens is 1. The fraction of sp³-hybridized carbons (Fsp3) is 0.211. The Kier molecular flexibility index (Phi) is 4.06. The van der Waals surface area contributed by atoms with Crippen LogP contribution in [0.2, 0.25) is 0 Å². The monoisotopic (exact) mass is 309 g/mol. The number of carbonyl (C=O) groups is 1. The summed E-state index contributed by atoms with van der Waals surface area (Å²) in [7, 11) is 0. The zero-order chi connectivity index (χ0) is 16.4. The quantitative estimate of drug-likeness (QED) is 0.755. The largest absolute Gasteiger partial charge is 0.489 e. The second kappa shape index (κ2) is 6.16. The van der Waals surface area contributed by atoms with Crippen molar-refractivity contribution in [3.8, 4) is 5.75 Å². The fourth-order valence-corrected chi connectivity index (χ4v) is 2.79. The Morgan fingerprint density at radius 3 is 2.52 bits per heavy atom. The van der Waals surface area contributed by atoms with Crippen LogP contribution in [0.3, 0.4) is 0 Å². The number of para-hydroxylation sites is 1. The molecule has 0 aliphatic heterocycles. The number of fused-ring (bicyclic) bond motifs is 1. The minimum absolute atomic E-state index is 0.243. The molecule has 3 rings (SSSR count). The van der Waals surface area contributed by atoms with Crippen LogP contribution < -0.4 is 4.74 Å². The van der Waals surface area contributed by atoms with Crippen LogP contribution in [0.15, 0.2) is 54.7 Å². The number of benzene rings is 2. The molecular weight excluding hydrogens is 290 g/mol. The normalized spacial score (nSPS) is 11.1. The lowest BCUT2D eigenvalue weighted by Crippen LogP contribution is -2.00. The maximum Gasteiger partial charge on any atom is 0.336 e. The van der Waals surface area contributed by atoms with E-state index in [0.717, 1.165) is 22.2 Å². The van der Waals surface area contributed by atoms with Gasteiger partial charge in [0.25, 0.3) is 0 Å². The summed E-state index contributed by atoms with van der Waals surface area (Å²) in [5, 5.41) is 10.2. The minimum atomic E-state index is -0.918. The lowest BCUT2D eigenvalue weighted by Gasteiger charge is -2.09. The molecule has 118 valence electrons. The predicted octanol–water partition coefficient (Wildman–Crippen LogP) is 4.50. The summed E-state index contributed by atoms with van der Waals surface area (Å²) in [4.78, 5) is 11.6. The molecule has 3 aromatic rings. The Morgan fingerprint density at radius 1 is 1.13 bits per heavy atom. The molecule has 0 amide bonds. The first kappa shape index (κ1) is 15.2. The Bertz CT molecular complexity index is 834. The van der Waals surface area contributed by atoms with Crippen molar-refractivity contribution in [3.05, 3.63) is 65.9 Å². The third-order valence-corrected chi connectivity index (χ3v) is 3.86. The van der Waals surface area contributed by atoms with E-state index >= 15 is 0 Å².